The zero-order valence-corrected chi connectivity index (χ0v) is 19.0. The van der Waals surface area contributed by atoms with Crippen LogP contribution in [0.3, 0.4) is 0 Å². The lowest BCUT2D eigenvalue weighted by Gasteiger charge is -2.44. The highest BCUT2D eigenvalue weighted by Crippen LogP contribution is 2.31. The molecule has 7 nitrogen and oxygen atoms in total. The first-order chi connectivity index (χ1) is 14.3. The summed E-state index contributed by atoms with van der Waals surface area (Å²) in [5.41, 5.74) is 2.03. The van der Waals surface area contributed by atoms with E-state index >= 15 is 0 Å². The quantitative estimate of drug-likeness (QED) is 0.492. The maximum atomic E-state index is 12.1. The van der Waals surface area contributed by atoms with Crippen LogP contribution in [0.2, 0.25) is 0 Å². The fourth-order valence-electron chi connectivity index (χ4n) is 4.29. The van der Waals surface area contributed by atoms with Crippen molar-refractivity contribution in [3.63, 3.8) is 0 Å². The van der Waals surface area contributed by atoms with E-state index in [-0.39, 0.29) is 29.6 Å². The van der Waals surface area contributed by atoms with E-state index in [1.165, 1.54) is 5.56 Å². The summed E-state index contributed by atoms with van der Waals surface area (Å²) in [5, 5.41) is 9.77. The lowest BCUT2D eigenvalue weighted by atomic mass is 9.90. The summed E-state index contributed by atoms with van der Waals surface area (Å²) in [5.74, 6) is 0.996. The molecule has 0 saturated carbocycles. The summed E-state index contributed by atoms with van der Waals surface area (Å²) in [6.45, 7) is 14.8. The average molecular weight is 416 g/mol. The van der Waals surface area contributed by atoms with Gasteiger partial charge in [0.1, 0.15) is 0 Å². The number of hydrogen-bond donors (Lipinski definition) is 3. The molecule has 0 bridgehead atoms. The van der Waals surface area contributed by atoms with Gasteiger partial charge in [-0.3, -0.25) is 14.7 Å². The Morgan fingerprint density at radius 2 is 1.93 bits per heavy atom. The van der Waals surface area contributed by atoms with Crippen molar-refractivity contribution in [1.29, 1.82) is 0 Å². The number of guanidine groups is 1. The van der Waals surface area contributed by atoms with Crippen molar-refractivity contribution in [3.05, 3.63) is 29.8 Å². The van der Waals surface area contributed by atoms with Crippen LogP contribution in [0.5, 0.6) is 0 Å². The minimum atomic E-state index is -0.0635. The van der Waals surface area contributed by atoms with Crippen LogP contribution in [-0.2, 0) is 9.53 Å². The Kier molecular flexibility index (Phi) is 7.36. The Morgan fingerprint density at radius 1 is 1.23 bits per heavy atom. The van der Waals surface area contributed by atoms with Gasteiger partial charge in [-0.05, 0) is 46.2 Å². The normalized spacial score (nSPS) is 25.4. The third kappa shape index (κ3) is 5.73. The predicted molar refractivity (Wildman–Crippen MR) is 122 cm³/mol. The molecule has 3 rings (SSSR count). The van der Waals surface area contributed by atoms with Gasteiger partial charge in [-0.15, -0.1) is 0 Å². The Labute approximate surface area is 180 Å². The second kappa shape index (κ2) is 9.79. The highest BCUT2D eigenvalue weighted by atomic mass is 16.5. The van der Waals surface area contributed by atoms with Crippen LogP contribution in [0.1, 0.15) is 52.5 Å². The number of carbonyl (C=O) groups is 1. The van der Waals surface area contributed by atoms with Crippen molar-refractivity contribution >= 4 is 17.6 Å². The molecule has 166 valence electrons. The molecule has 30 heavy (non-hydrogen) atoms. The first-order valence-corrected chi connectivity index (χ1v) is 11.1. The molecule has 1 fully saturated rings. The minimum absolute atomic E-state index is 0.0635. The van der Waals surface area contributed by atoms with Crippen molar-refractivity contribution in [1.82, 2.24) is 15.5 Å². The number of ether oxygens (including phenoxy) is 1. The number of amides is 1. The second-order valence-corrected chi connectivity index (χ2v) is 9.09. The summed E-state index contributed by atoms with van der Waals surface area (Å²) in [6, 6.07) is 8.03. The molecule has 0 aromatic heterocycles. The molecule has 0 spiro atoms. The predicted octanol–water partition coefficient (Wildman–Crippen LogP) is 2.56. The van der Waals surface area contributed by atoms with Gasteiger partial charge in [-0.25, -0.2) is 0 Å². The van der Waals surface area contributed by atoms with Crippen molar-refractivity contribution in [2.24, 2.45) is 4.99 Å². The first kappa shape index (κ1) is 22.6. The van der Waals surface area contributed by atoms with E-state index in [4.69, 9.17) is 9.73 Å². The molecule has 1 aromatic carbocycles. The summed E-state index contributed by atoms with van der Waals surface area (Å²) in [4.78, 5) is 19.4. The summed E-state index contributed by atoms with van der Waals surface area (Å²) < 4.78 is 5.88. The Morgan fingerprint density at radius 3 is 2.63 bits per heavy atom. The van der Waals surface area contributed by atoms with Gasteiger partial charge in [0.2, 0.25) is 5.91 Å². The van der Waals surface area contributed by atoms with Gasteiger partial charge in [0.05, 0.1) is 18.8 Å². The van der Waals surface area contributed by atoms with E-state index in [0.717, 1.165) is 31.3 Å². The number of morpholine rings is 1. The van der Waals surface area contributed by atoms with Gasteiger partial charge in [0.25, 0.3) is 0 Å². The van der Waals surface area contributed by atoms with Crippen LogP contribution in [0.15, 0.2) is 29.3 Å². The van der Waals surface area contributed by atoms with Gasteiger partial charge < -0.3 is 20.7 Å². The molecular weight excluding hydrogens is 378 g/mol. The van der Waals surface area contributed by atoms with Crippen LogP contribution < -0.4 is 16.0 Å². The Hall–Kier alpha value is -2.12. The fourth-order valence-corrected chi connectivity index (χ4v) is 4.29. The molecule has 1 amide bonds. The number of benzene rings is 1. The molecule has 3 atom stereocenters. The third-order valence-corrected chi connectivity index (χ3v) is 5.87. The lowest BCUT2D eigenvalue weighted by Crippen LogP contribution is -2.56. The van der Waals surface area contributed by atoms with Crippen molar-refractivity contribution in [2.75, 3.05) is 38.0 Å². The standard InChI is InChI=1S/C23H37N5O2/c1-6-24-22(26-15-23(4,5)28-13-16(2)30-17(3)14-28)25-12-18-11-21(29)27-20-10-8-7-9-19(18)20/h7-10,16-18H,6,11-15H2,1-5H3,(H,27,29)(H2,24,25,26). The zero-order valence-electron chi connectivity index (χ0n) is 19.0. The maximum Gasteiger partial charge on any atom is 0.225 e. The average Bonchev–Trinajstić information content (AvgIpc) is 2.69. The van der Waals surface area contributed by atoms with Gasteiger partial charge in [-0.1, -0.05) is 18.2 Å². The topological polar surface area (TPSA) is 78.0 Å². The van der Waals surface area contributed by atoms with E-state index in [2.05, 4.69) is 61.5 Å². The van der Waals surface area contributed by atoms with E-state index in [9.17, 15) is 4.79 Å². The van der Waals surface area contributed by atoms with Gasteiger partial charge in [0, 0.05) is 49.7 Å². The summed E-state index contributed by atoms with van der Waals surface area (Å²) in [7, 11) is 0. The SMILES string of the molecule is CCNC(=NCC(C)(C)N1CC(C)OC(C)C1)NCC1CC(=O)Nc2ccccc21. The molecule has 7 heteroatoms. The van der Waals surface area contributed by atoms with E-state index in [0.29, 0.717) is 19.5 Å². The van der Waals surface area contributed by atoms with Gasteiger partial charge in [-0.2, -0.15) is 0 Å². The number of hydrogen-bond acceptors (Lipinski definition) is 4. The number of nitrogens with zero attached hydrogens (tertiary/aromatic N) is 2. The smallest absolute Gasteiger partial charge is 0.225 e. The highest BCUT2D eigenvalue weighted by Gasteiger charge is 2.33. The summed E-state index contributed by atoms with van der Waals surface area (Å²) in [6.07, 6.45) is 0.958. The van der Waals surface area contributed by atoms with Crippen LogP contribution in [0.25, 0.3) is 0 Å². The molecule has 2 aliphatic heterocycles. The van der Waals surface area contributed by atoms with Gasteiger partial charge in [0.15, 0.2) is 5.96 Å². The fraction of sp³-hybridized carbons (Fsp3) is 0.652. The zero-order chi connectivity index (χ0) is 21.7. The number of anilines is 1. The van der Waals surface area contributed by atoms with Crippen LogP contribution in [-0.4, -0.2) is 67.2 Å². The first-order valence-electron chi connectivity index (χ1n) is 11.1. The minimum Gasteiger partial charge on any atom is -0.373 e. The molecule has 1 aromatic rings. The number of aliphatic imine (C=N–C) groups is 1. The van der Waals surface area contributed by atoms with Crippen molar-refractivity contribution < 1.29 is 9.53 Å². The Balaban J connectivity index is 1.64. The van der Waals surface area contributed by atoms with Crippen molar-refractivity contribution in [2.45, 2.75) is 64.7 Å². The van der Waals surface area contributed by atoms with Gasteiger partial charge >= 0.3 is 0 Å². The highest BCUT2D eigenvalue weighted by molar-refractivity contribution is 5.94. The van der Waals surface area contributed by atoms with Crippen LogP contribution in [0.4, 0.5) is 5.69 Å². The molecule has 2 heterocycles. The molecule has 3 unspecified atom stereocenters. The number of carbonyl (C=O) groups excluding carboxylic acids is 1. The number of rotatable bonds is 6. The number of fused-ring (bicyclic) bond motifs is 1. The Bertz CT molecular complexity index is 754. The molecular formula is C23H37N5O2. The lowest BCUT2D eigenvalue weighted by molar-refractivity contribution is -0.116. The molecule has 0 radical (unpaired) electrons. The summed E-state index contributed by atoms with van der Waals surface area (Å²) >= 11 is 0. The molecule has 1 saturated heterocycles. The second-order valence-electron chi connectivity index (χ2n) is 9.09. The van der Waals surface area contributed by atoms with Crippen molar-refractivity contribution in [3.8, 4) is 0 Å². The number of nitrogens with one attached hydrogen (secondary N) is 3. The molecule has 2 aliphatic rings. The largest absolute Gasteiger partial charge is 0.373 e. The third-order valence-electron chi connectivity index (χ3n) is 5.87. The van der Waals surface area contributed by atoms with Crippen LogP contribution in [0, 0.1) is 0 Å². The van der Waals surface area contributed by atoms with Crippen LogP contribution >= 0.6 is 0 Å². The maximum absolute atomic E-state index is 12.1. The van der Waals surface area contributed by atoms with E-state index < -0.39 is 0 Å². The molecule has 0 aliphatic carbocycles. The van der Waals surface area contributed by atoms with E-state index in [1.807, 2.05) is 18.2 Å². The molecule has 3 N–H and O–H groups in total. The monoisotopic (exact) mass is 415 g/mol. The number of para-hydroxylation sites is 1. The van der Waals surface area contributed by atoms with E-state index in [1.54, 1.807) is 0 Å².